The fourth-order valence-electron chi connectivity index (χ4n) is 1.99. The molecule has 2 N–H and O–H groups in total. The number of halogens is 1. The highest BCUT2D eigenvalue weighted by Crippen LogP contribution is 2.11. The third kappa shape index (κ3) is 5.44. The van der Waals surface area contributed by atoms with Crippen molar-refractivity contribution in [2.45, 2.75) is 19.3 Å². The highest BCUT2D eigenvalue weighted by molar-refractivity contribution is 6.30. The lowest BCUT2D eigenvalue weighted by molar-refractivity contribution is -0.120. The first kappa shape index (κ1) is 15.3. The molecule has 1 amide bonds. The van der Waals surface area contributed by atoms with Crippen LogP contribution < -0.4 is 5.32 Å². The zero-order valence-electron chi connectivity index (χ0n) is 11.6. The SMILES string of the molecule is O=C(Cc1cncc(O)c1)NCCCc1ccc(Cl)cc1. The molecular weight excluding hydrogens is 288 g/mol. The maximum atomic E-state index is 11.7. The number of hydrogen-bond acceptors (Lipinski definition) is 3. The standard InChI is InChI=1S/C16H17ClN2O2/c17-14-5-3-12(4-6-14)2-1-7-19-16(21)9-13-8-15(20)11-18-10-13/h3-6,8,10-11,20H,1-2,7,9H2,(H,19,21). The van der Waals surface area contributed by atoms with Crippen molar-refractivity contribution in [2.24, 2.45) is 0 Å². The van der Waals surface area contributed by atoms with E-state index in [4.69, 9.17) is 11.6 Å². The van der Waals surface area contributed by atoms with Crippen molar-refractivity contribution in [2.75, 3.05) is 6.54 Å². The molecule has 1 heterocycles. The van der Waals surface area contributed by atoms with Gasteiger partial charge in [0.2, 0.25) is 5.91 Å². The summed E-state index contributed by atoms with van der Waals surface area (Å²) in [7, 11) is 0. The van der Waals surface area contributed by atoms with Crippen molar-refractivity contribution in [3.63, 3.8) is 0 Å². The van der Waals surface area contributed by atoms with Crippen molar-refractivity contribution in [3.8, 4) is 5.75 Å². The lowest BCUT2D eigenvalue weighted by Crippen LogP contribution is -2.26. The Morgan fingerprint density at radius 1 is 1.19 bits per heavy atom. The van der Waals surface area contributed by atoms with E-state index in [1.54, 1.807) is 12.3 Å². The van der Waals surface area contributed by atoms with Crippen LogP contribution in [0.2, 0.25) is 5.02 Å². The molecule has 0 fully saturated rings. The molecule has 0 aliphatic carbocycles. The third-order valence-electron chi connectivity index (χ3n) is 3.02. The Bertz CT molecular complexity index is 599. The lowest BCUT2D eigenvalue weighted by Gasteiger charge is -2.06. The number of aromatic nitrogens is 1. The van der Waals surface area contributed by atoms with E-state index in [0.717, 1.165) is 17.9 Å². The van der Waals surface area contributed by atoms with Crippen LogP contribution in [0.5, 0.6) is 5.75 Å². The van der Waals surface area contributed by atoms with Crippen LogP contribution >= 0.6 is 11.6 Å². The fourth-order valence-corrected chi connectivity index (χ4v) is 2.12. The first-order chi connectivity index (χ1) is 10.1. The number of carbonyl (C=O) groups is 1. The highest BCUT2D eigenvalue weighted by Gasteiger charge is 2.04. The van der Waals surface area contributed by atoms with Crippen LogP contribution in [-0.4, -0.2) is 22.5 Å². The quantitative estimate of drug-likeness (QED) is 0.807. The molecule has 110 valence electrons. The summed E-state index contributed by atoms with van der Waals surface area (Å²) < 4.78 is 0. The Balaban J connectivity index is 1.68. The number of benzene rings is 1. The Hall–Kier alpha value is -2.07. The molecule has 0 bridgehead atoms. The largest absolute Gasteiger partial charge is 0.506 e. The number of hydrogen-bond donors (Lipinski definition) is 2. The monoisotopic (exact) mass is 304 g/mol. The summed E-state index contributed by atoms with van der Waals surface area (Å²) in [5, 5.41) is 12.9. The predicted molar refractivity (Wildman–Crippen MR) is 82.4 cm³/mol. The summed E-state index contributed by atoms with van der Waals surface area (Å²) >= 11 is 5.82. The normalized spacial score (nSPS) is 10.3. The van der Waals surface area contributed by atoms with Gasteiger partial charge in [-0.3, -0.25) is 9.78 Å². The molecule has 1 aromatic heterocycles. The zero-order chi connectivity index (χ0) is 15.1. The molecule has 5 heteroatoms. The first-order valence-corrected chi connectivity index (χ1v) is 7.15. The third-order valence-corrected chi connectivity index (χ3v) is 3.27. The number of rotatable bonds is 6. The Kier molecular flexibility index (Phi) is 5.58. The second-order valence-electron chi connectivity index (χ2n) is 4.81. The molecule has 4 nitrogen and oxygen atoms in total. The van der Waals surface area contributed by atoms with Crippen LogP contribution in [0.4, 0.5) is 0 Å². The molecule has 0 aliphatic rings. The second kappa shape index (κ2) is 7.64. The summed E-state index contributed by atoms with van der Waals surface area (Å²) in [6.45, 7) is 0.619. The van der Waals surface area contributed by atoms with E-state index in [9.17, 15) is 9.90 Å². The summed E-state index contributed by atoms with van der Waals surface area (Å²) in [6.07, 6.45) is 4.90. The van der Waals surface area contributed by atoms with Gasteiger partial charge in [0.25, 0.3) is 0 Å². The van der Waals surface area contributed by atoms with Crippen LogP contribution in [0, 0.1) is 0 Å². The Morgan fingerprint density at radius 2 is 1.95 bits per heavy atom. The van der Waals surface area contributed by atoms with E-state index < -0.39 is 0 Å². The van der Waals surface area contributed by atoms with Gasteiger partial charge in [-0.25, -0.2) is 0 Å². The van der Waals surface area contributed by atoms with Crippen molar-refractivity contribution < 1.29 is 9.90 Å². The summed E-state index contributed by atoms with van der Waals surface area (Å²) in [5.41, 5.74) is 1.90. The van der Waals surface area contributed by atoms with E-state index in [-0.39, 0.29) is 18.1 Å². The van der Waals surface area contributed by atoms with Crippen LogP contribution in [0.1, 0.15) is 17.5 Å². The molecule has 0 saturated carbocycles. The van der Waals surface area contributed by atoms with Gasteiger partial charge in [0.05, 0.1) is 12.6 Å². The van der Waals surface area contributed by atoms with Gasteiger partial charge < -0.3 is 10.4 Å². The van der Waals surface area contributed by atoms with Crippen LogP contribution in [0.15, 0.2) is 42.7 Å². The minimum Gasteiger partial charge on any atom is -0.506 e. The van der Waals surface area contributed by atoms with Crippen LogP contribution in [0.25, 0.3) is 0 Å². The van der Waals surface area contributed by atoms with E-state index in [1.807, 2.05) is 24.3 Å². The van der Waals surface area contributed by atoms with Gasteiger partial charge in [-0.15, -0.1) is 0 Å². The number of aryl methyl sites for hydroxylation is 1. The van der Waals surface area contributed by atoms with E-state index in [2.05, 4.69) is 10.3 Å². The molecule has 0 aliphatic heterocycles. The summed E-state index contributed by atoms with van der Waals surface area (Å²) in [4.78, 5) is 15.6. The Labute approximate surface area is 128 Å². The maximum absolute atomic E-state index is 11.7. The molecule has 0 saturated heterocycles. The first-order valence-electron chi connectivity index (χ1n) is 6.77. The van der Waals surface area contributed by atoms with Gasteiger partial charge in [-0.2, -0.15) is 0 Å². The zero-order valence-corrected chi connectivity index (χ0v) is 12.3. The van der Waals surface area contributed by atoms with Crippen LogP contribution in [0.3, 0.4) is 0 Å². The van der Waals surface area contributed by atoms with Crippen LogP contribution in [-0.2, 0) is 17.6 Å². The Morgan fingerprint density at radius 3 is 2.67 bits per heavy atom. The molecule has 0 atom stereocenters. The van der Waals surface area contributed by atoms with Gasteiger partial charge in [-0.1, -0.05) is 23.7 Å². The van der Waals surface area contributed by atoms with Gasteiger partial charge in [-0.05, 0) is 42.2 Å². The molecule has 0 radical (unpaired) electrons. The van der Waals surface area contributed by atoms with Crippen molar-refractivity contribution in [1.29, 1.82) is 0 Å². The number of carbonyl (C=O) groups excluding carboxylic acids is 1. The maximum Gasteiger partial charge on any atom is 0.224 e. The van der Waals surface area contributed by atoms with Crippen molar-refractivity contribution in [3.05, 3.63) is 58.9 Å². The molecule has 1 aromatic carbocycles. The average Bonchev–Trinajstić information content (AvgIpc) is 2.45. The molecule has 0 spiro atoms. The minimum atomic E-state index is -0.0708. The van der Waals surface area contributed by atoms with Gasteiger partial charge in [0.1, 0.15) is 5.75 Å². The molecular formula is C16H17ClN2O2. The highest BCUT2D eigenvalue weighted by atomic mass is 35.5. The van der Waals surface area contributed by atoms with E-state index in [0.29, 0.717) is 12.1 Å². The van der Waals surface area contributed by atoms with Gasteiger partial charge >= 0.3 is 0 Å². The summed E-state index contributed by atoms with van der Waals surface area (Å²) in [6, 6.07) is 9.25. The van der Waals surface area contributed by atoms with Gasteiger partial charge in [0.15, 0.2) is 0 Å². The summed E-state index contributed by atoms with van der Waals surface area (Å²) in [5.74, 6) is 0.00143. The molecule has 2 aromatic rings. The number of nitrogens with one attached hydrogen (secondary N) is 1. The molecule has 21 heavy (non-hydrogen) atoms. The minimum absolute atomic E-state index is 0.0708. The smallest absolute Gasteiger partial charge is 0.224 e. The molecule has 2 rings (SSSR count). The predicted octanol–water partition coefficient (Wildman–Crippen LogP) is 2.73. The number of pyridine rings is 1. The number of amides is 1. The second-order valence-corrected chi connectivity index (χ2v) is 5.24. The van der Waals surface area contributed by atoms with Gasteiger partial charge in [0, 0.05) is 17.8 Å². The fraction of sp³-hybridized carbons (Fsp3) is 0.250. The number of aromatic hydroxyl groups is 1. The van der Waals surface area contributed by atoms with E-state index in [1.165, 1.54) is 11.8 Å². The van der Waals surface area contributed by atoms with Crippen molar-refractivity contribution in [1.82, 2.24) is 10.3 Å². The molecule has 0 unspecified atom stereocenters. The average molecular weight is 305 g/mol. The van der Waals surface area contributed by atoms with Crippen molar-refractivity contribution >= 4 is 17.5 Å². The topological polar surface area (TPSA) is 62.2 Å². The lowest BCUT2D eigenvalue weighted by atomic mass is 10.1. The van der Waals surface area contributed by atoms with E-state index >= 15 is 0 Å². The number of nitrogens with zero attached hydrogens (tertiary/aromatic N) is 1.